The van der Waals surface area contributed by atoms with Gasteiger partial charge in [-0.3, -0.25) is 4.79 Å². The molecule has 5 aliphatic rings. The molecule has 0 radical (unpaired) electrons. The third kappa shape index (κ3) is 2.70. The summed E-state index contributed by atoms with van der Waals surface area (Å²) in [5, 5.41) is 0. The van der Waals surface area contributed by atoms with Gasteiger partial charge in [-0.05, 0) is 85.9 Å². The van der Waals surface area contributed by atoms with Crippen molar-refractivity contribution >= 4 is 5.78 Å². The minimum atomic E-state index is 0.0757. The lowest BCUT2D eigenvalue weighted by atomic mass is 9.44. The van der Waals surface area contributed by atoms with Gasteiger partial charge in [0.05, 0.1) is 6.10 Å². The smallest absolute Gasteiger partial charge is 0.184 e. The summed E-state index contributed by atoms with van der Waals surface area (Å²) in [6.07, 6.45) is 11.7. The molecule has 0 bridgehead atoms. The second-order valence-electron chi connectivity index (χ2n) is 11.1. The van der Waals surface area contributed by atoms with Crippen molar-refractivity contribution in [2.75, 3.05) is 0 Å². The summed E-state index contributed by atoms with van der Waals surface area (Å²) in [6.45, 7) is 9.44. The second-order valence-corrected chi connectivity index (χ2v) is 11.1. The highest BCUT2D eigenvalue weighted by atomic mass is 16.8. The Labute approximate surface area is 164 Å². The van der Waals surface area contributed by atoms with Crippen LogP contribution in [-0.2, 0) is 14.3 Å². The van der Waals surface area contributed by atoms with Crippen molar-refractivity contribution in [2.24, 2.45) is 40.4 Å². The van der Waals surface area contributed by atoms with Crippen molar-refractivity contribution in [2.45, 2.75) is 104 Å². The van der Waals surface area contributed by atoms with E-state index in [1.54, 1.807) is 0 Å². The molecule has 5 rings (SSSR count). The number of fused-ring (bicyclic) bond motifs is 5. The van der Waals surface area contributed by atoms with Gasteiger partial charge < -0.3 is 9.47 Å². The van der Waals surface area contributed by atoms with Crippen molar-refractivity contribution in [3.8, 4) is 0 Å². The number of Topliss-reactive ketones (excluding diaryl/α,β-unsaturated/α-hetero) is 1. The Morgan fingerprint density at radius 1 is 1.07 bits per heavy atom. The molecule has 4 aliphatic carbocycles. The zero-order valence-corrected chi connectivity index (χ0v) is 17.7. The molecule has 10 atom stereocenters. The van der Waals surface area contributed by atoms with Gasteiger partial charge in [0.2, 0.25) is 0 Å². The Morgan fingerprint density at radius 2 is 1.85 bits per heavy atom. The van der Waals surface area contributed by atoms with Gasteiger partial charge in [-0.15, -0.1) is 0 Å². The van der Waals surface area contributed by atoms with Crippen LogP contribution in [0.1, 0.15) is 85.5 Å². The molecule has 27 heavy (non-hydrogen) atoms. The predicted octanol–water partition coefficient (Wildman–Crippen LogP) is 5.36. The van der Waals surface area contributed by atoms with Gasteiger partial charge >= 0.3 is 0 Å². The van der Waals surface area contributed by atoms with Gasteiger partial charge in [0, 0.05) is 12.3 Å². The van der Waals surface area contributed by atoms with Crippen molar-refractivity contribution in [1.29, 1.82) is 0 Å². The summed E-state index contributed by atoms with van der Waals surface area (Å²) < 4.78 is 12.2. The lowest BCUT2D eigenvalue weighted by molar-refractivity contribution is -0.155. The van der Waals surface area contributed by atoms with Gasteiger partial charge in [0.1, 0.15) is 11.9 Å². The quantitative estimate of drug-likeness (QED) is 0.624. The van der Waals surface area contributed by atoms with Crippen LogP contribution >= 0.6 is 0 Å². The molecule has 1 aliphatic heterocycles. The summed E-state index contributed by atoms with van der Waals surface area (Å²) >= 11 is 0. The summed E-state index contributed by atoms with van der Waals surface area (Å²) in [4.78, 5) is 12.4. The van der Waals surface area contributed by atoms with Crippen LogP contribution in [0.2, 0.25) is 0 Å². The first-order valence-electron chi connectivity index (χ1n) is 11.7. The average molecular weight is 375 g/mol. The van der Waals surface area contributed by atoms with Gasteiger partial charge in [-0.1, -0.05) is 27.7 Å². The summed E-state index contributed by atoms with van der Waals surface area (Å²) in [7, 11) is 0. The Balaban J connectivity index is 1.35. The molecule has 0 aromatic rings. The minimum Gasteiger partial charge on any atom is -0.346 e. The maximum absolute atomic E-state index is 12.4. The van der Waals surface area contributed by atoms with Gasteiger partial charge in [0.15, 0.2) is 6.29 Å². The lowest BCUT2D eigenvalue weighted by Crippen LogP contribution is -2.55. The lowest BCUT2D eigenvalue weighted by Gasteiger charge is -2.60. The molecule has 1 heterocycles. The van der Waals surface area contributed by atoms with E-state index in [2.05, 4.69) is 27.7 Å². The first-order valence-corrected chi connectivity index (χ1v) is 11.7. The summed E-state index contributed by atoms with van der Waals surface area (Å²) in [6, 6.07) is 0. The SMILES string of the molecule is CCC1OC1O[C@H]1CC[C@H]2[C@@H]3CC[C@H]4CC(=O)[C@H](C)C[C@]4(C)[C@H]3CC[C@]12C. The van der Waals surface area contributed by atoms with Gasteiger partial charge in [-0.25, -0.2) is 0 Å². The molecule has 0 aromatic heterocycles. The van der Waals surface area contributed by atoms with Crippen LogP contribution in [0.15, 0.2) is 0 Å². The number of carbonyl (C=O) groups excluding carboxylic acids is 1. The number of hydrogen-bond donors (Lipinski definition) is 0. The number of ketones is 1. The number of epoxide rings is 1. The first-order chi connectivity index (χ1) is 12.9. The normalized spacial score (nSPS) is 57.0. The van der Waals surface area contributed by atoms with E-state index in [0.29, 0.717) is 34.7 Å². The van der Waals surface area contributed by atoms with E-state index in [1.165, 1.54) is 38.5 Å². The fraction of sp³-hybridized carbons (Fsp3) is 0.958. The van der Waals surface area contributed by atoms with Crippen LogP contribution in [0.4, 0.5) is 0 Å². The fourth-order valence-corrected chi connectivity index (χ4v) is 8.28. The Bertz CT molecular complexity index is 617. The number of ether oxygens (including phenoxy) is 2. The standard InChI is InChI=1S/C24H38O3/c1-5-20-22(26-20)27-21-9-8-17-16-7-6-15-12-19(25)14(2)13-24(15,4)18(16)10-11-23(17,21)3/h14-18,20-22H,5-13H2,1-4H3/t14-,15+,16+,17+,18+,20?,21+,22?,23+,24+/m1/s1. The zero-order valence-electron chi connectivity index (χ0n) is 17.7. The van der Waals surface area contributed by atoms with E-state index < -0.39 is 0 Å². The highest BCUT2D eigenvalue weighted by Gasteiger charge is 2.62. The molecule has 3 nitrogen and oxygen atoms in total. The molecule has 152 valence electrons. The Kier molecular flexibility index (Phi) is 4.34. The molecule has 1 saturated heterocycles. The number of carbonyl (C=O) groups is 1. The molecule has 4 saturated carbocycles. The molecule has 5 fully saturated rings. The van der Waals surface area contributed by atoms with E-state index in [4.69, 9.17) is 9.47 Å². The first kappa shape index (κ1) is 18.6. The highest BCUT2D eigenvalue weighted by molar-refractivity contribution is 5.82. The monoisotopic (exact) mass is 374 g/mol. The largest absolute Gasteiger partial charge is 0.346 e. The molecule has 0 spiro atoms. The number of hydrogen-bond acceptors (Lipinski definition) is 3. The molecule has 3 heteroatoms. The fourth-order valence-electron chi connectivity index (χ4n) is 8.28. The highest BCUT2D eigenvalue weighted by Crippen LogP contribution is 2.67. The van der Waals surface area contributed by atoms with Gasteiger partial charge in [-0.2, -0.15) is 0 Å². The minimum absolute atomic E-state index is 0.0757. The Morgan fingerprint density at radius 3 is 2.59 bits per heavy atom. The van der Waals surface area contributed by atoms with Crippen LogP contribution in [0.5, 0.6) is 0 Å². The van der Waals surface area contributed by atoms with Crippen molar-refractivity contribution in [3.63, 3.8) is 0 Å². The van der Waals surface area contributed by atoms with E-state index in [9.17, 15) is 4.79 Å². The molecule has 2 unspecified atom stereocenters. The molecule has 0 aromatic carbocycles. The predicted molar refractivity (Wildman–Crippen MR) is 105 cm³/mol. The topological polar surface area (TPSA) is 38.8 Å². The van der Waals surface area contributed by atoms with Crippen LogP contribution in [0.25, 0.3) is 0 Å². The average Bonchev–Trinajstić information content (AvgIpc) is 3.30. The van der Waals surface area contributed by atoms with E-state index in [1.807, 2.05) is 0 Å². The van der Waals surface area contributed by atoms with Crippen LogP contribution in [0, 0.1) is 40.4 Å². The maximum Gasteiger partial charge on any atom is 0.184 e. The summed E-state index contributed by atoms with van der Waals surface area (Å²) in [5.41, 5.74) is 0.730. The van der Waals surface area contributed by atoms with Crippen LogP contribution in [0.3, 0.4) is 0 Å². The number of rotatable bonds is 3. The van der Waals surface area contributed by atoms with E-state index >= 15 is 0 Å². The van der Waals surface area contributed by atoms with Crippen molar-refractivity contribution in [1.82, 2.24) is 0 Å². The molecular weight excluding hydrogens is 336 g/mol. The van der Waals surface area contributed by atoms with Crippen LogP contribution < -0.4 is 0 Å². The molecule has 0 N–H and O–H groups in total. The Hall–Kier alpha value is -0.410. The second kappa shape index (κ2) is 6.29. The van der Waals surface area contributed by atoms with Gasteiger partial charge in [0.25, 0.3) is 0 Å². The van der Waals surface area contributed by atoms with Crippen molar-refractivity contribution < 1.29 is 14.3 Å². The van der Waals surface area contributed by atoms with E-state index in [0.717, 1.165) is 37.0 Å². The van der Waals surface area contributed by atoms with Crippen molar-refractivity contribution in [3.05, 3.63) is 0 Å². The third-order valence-corrected chi connectivity index (χ3v) is 9.96. The maximum atomic E-state index is 12.4. The zero-order chi connectivity index (χ0) is 19.0. The van der Waals surface area contributed by atoms with Crippen LogP contribution in [-0.4, -0.2) is 24.3 Å². The third-order valence-electron chi connectivity index (χ3n) is 9.96. The molecule has 0 amide bonds. The molecular formula is C24H38O3. The van der Waals surface area contributed by atoms with E-state index in [-0.39, 0.29) is 12.2 Å². The summed E-state index contributed by atoms with van der Waals surface area (Å²) in [5.74, 6) is 3.93.